The Morgan fingerprint density at radius 1 is 1.42 bits per heavy atom. The van der Waals surface area contributed by atoms with Crippen molar-refractivity contribution in [1.82, 2.24) is 10.6 Å². The summed E-state index contributed by atoms with van der Waals surface area (Å²) in [5.41, 5.74) is 1.25. The van der Waals surface area contributed by atoms with Crippen LogP contribution in [0.4, 0.5) is 4.79 Å². The van der Waals surface area contributed by atoms with Crippen LogP contribution in [0.2, 0.25) is 0 Å². The van der Waals surface area contributed by atoms with Crippen LogP contribution in [0.25, 0.3) is 0 Å². The third-order valence-electron chi connectivity index (χ3n) is 5.45. The van der Waals surface area contributed by atoms with E-state index in [9.17, 15) is 4.79 Å². The third-order valence-corrected chi connectivity index (χ3v) is 5.45. The Morgan fingerprint density at radius 3 is 3.04 bits per heavy atom. The summed E-state index contributed by atoms with van der Waals surface area (Å²) in [6.07, 6.45) is 3.18. The van der Waals surface area contributed by atoms with Gasteiger partial charge in [0.1, 0.15) is 5.75 Å². The van der Waals surface area contributed by atoms with E-state index < -0.39 is 0 Å². The second-order valence-electron chi connectivity index (χ2n) is 7.40. The number of hydrogen-bond donors (Lipinski definition) is 2. The summed E-state index contributed by atoms with van der Waals surface area (Å²) < 4.78 is 11.0. The summed E-state index contributed by atoms with van der Waals surface area (Å²) in [6.45, 7) is 5.83. The minimum atomic E-state index is -0.0657. The summed E-state index contributed by atoms with van der Waals surface area (Å²) >= 11 is 0. The van der Waals surface area contributed by atoms with Gasteiger partial charge in [0, 0.05) is 30.5 Å². The number of benzene rings is 1. The zero-order chi connectivity index (χ0) is 17.2. The lowest BCUT2D eigenvalue weighted by atomic mass is 9.57. The zero-order valence-electron chi connectivity index (χ0n) is 14.8. The number of amides is 2. The molecule has 0 radical (unpaired) electrons. The first-order valence-corrected chi connectivity index (χ1v) is 8.81. The van der Waals surface area contributed by atoms with Crippen LogP contribution in [0.5, 0.6) is 5.75 Å². The fourth-order valence-electron chi connectivity index (χ4n) is 4.13. The SMILES string of the molecule is COc1cccc(CCCNC(=O)NC2C3CCOC3C2(C)C)c1. The second-order valence-corrected chi connectivity index (χ2v) is 7.40. The Kier molecular flexibility index (Phi) is 4.99. The fraction of sp³-hybridized carbons (Fsp3) is 0.632. The number of nitrogens with one attached hydrogen (secondary N) is 2. The summed E-state index contributed by atoms with van der Waals surface area (Å²) in [4.78, 5) is 12.2. The van der Waals surface area contributed by atoms with Crippen LogP contribution >= 0.6 is 0 Å². The molecule has 3 atom stereocenters. The van der Waals surface area contributed by atoms with Gasteiger partial charge in [0.15, 0.2) is 0 Å². The van der Waals surface area contributed by atoms with Crippen LogP contribution in [0.1, 0.15) is 32.3 Å². The topological polar surface area (TPSA) is 59.6 Å². The van der Waals surface area contributed by atoms with Gasteiger partial charge in [0.25, 0.3) is 0 Å². The average Bonchev–Trinajstić information content (AvgIpc) is 3.04. The van der Waals surface area contributed by atoms with E-state index in [-0.39, 0.29) is 17.5 Å². The summed E-state index contributed by atoms with van der Waals surface area (Å²) in [7, 11) is 1.67. The number of carbonyl (C=O) groups is 1. The number of hydrogen-bond acceptors (Lipinski definition) is 3. The molecule has 1 aromatic rings. The minimum absolute atomic E-state index is 0.0269. The molecule has 1 saturated carbocycles. The molecular weight excluding hydrogens is 304 g/mol. The lowest BCUT2D eigenvalue weighted by Crippen LogP contribution is -2.67. The Labute approximate surface area is 144 Å². The molecule has 1 aliphatic heterocycles. The molecule has 1 heterocycles. The van der Waals surface area contributed by atoms with Crippen molar-refractivity contribution < 1.29 is 14.3 Å². The first-order chi connectivity index (χ1) is 11.5. The van der Waals surface area contributed by atoms with Crippen molar-refractivity contribution in [2.24, 2.45) is 11.3 Å². The van der Waals surface area contributed by atoms with E-state index >= 15 is 0 Å². The molecule has 3 rings (SSSR count). The first-order valence-electron chi connectivity index (χ1n) is 8.81. The van der Waals surface area contributed by atoms with Crippen LogP contribution in [0, 0.1) is 11.3 Å². The molecule has 1 aromatic carbocycles. The van der Waals surface area contributed by atoms with Crippen LogP contribution in [0.15, 0.2) is 24.3 Å². The van der Waals surface area contributed by atoms with Crippen LogP contribution in [0.3, 0.4) is 0 Å². The summed E-state index contributed by atoms with van der Waals surface area (Å²) in [6, 6.07) is 8.20. The molecule has 1 saturated heterocycles. The Hall–Kier alpha value is -1.75. The number of ether oxygens (including phenoxy) is 2. The highest BCUT2D eigenvalue weighted by Crippen LogP contribution is 2.51. The molecule has 132 valence electrons. The minimum Gasteiger partial charge on any atom is -0.497 e. The summed E-state index contributed by atoms with van der Waals surface area (Å²) in [5.74, 6) is 1.35. The van der Waals surface area contributed by atoms with Gasteiger partial charge in [-0.05, 0) is 37.0 Å². The highest BCUT2D eigenvalue weighted by Gasteiger charge is 2.59. The van der Waals surface area contributed by atoms with Crippen molar-refractivity contribution in [1.29, 1.82) is 0 Å². The van der Waals surface area contributed by atoms with E-state index in [0.717, 1.165) is 31.6 Å². The van der Waals surface area contributed by atoms with Crippen LogP contribution < -0.4 is 15.4 Å². The van der Waals surface area contributed by atoms with Crippen molar-refractivity contribution in [3.63, 3.8) is 0 Å². The van der Waals surface area contributed by atoms with Gasteiger partial charge in [0.05, 0.1) is 13.2 Å². The van der Waals surface area contributed by atoms with Gasteiger partial charge in [-0.1, -0.05) is 26.0 Å². The Bertz CT molecular complexity index is 588. The molecule has 3 unspecified atom stereocenters. The molecule has 24 heavy (non-hydrogen) atoms. The van der Waals surface area contributed by atoms with Gasteiger partial charge in [-0.2, -0.15) is 0 Å². The third kappa shape index (κ3) is 3.36. The molecule has 0 aromatic heterocycles. The highest BCUT2D eigenvalue weighted by atomic mass is 16.5. The van der Waals surface area contributed by atoms with Gasteiger partial charge in [-0.15, -0.1) is 0 Å². The number of rotatable bonds is 6. The number of carbonyl (C=O) groups excluding carboxylic acids is 1. The van der Waals surface area contributed by atoms with Crippen molar-refractivity contribution in [3.05, 3.63) is 29.8 Å². The van der Waals surface area contributed by atoms with Crippen LogP contribution in [-0.2, 0) is 11.2 Å². The predicted molar refractivity (Wildman–Crippen MR) is 93.3 cm³/mol. The normalized spacial score (nSPS) is 27.0. The van der Waals surface area contributed by atoms with E-state index in [2.05, 4.69) is 30.5 Å². The van der Waals surface area contributed by atoms with E-state index in [4.69, 9.17) is 9.47 Å². The van der Waals surface area contributed by atoms with Crippen molar-refractivity contribution in [3.8, 4) is 5.75 Å². The molecule has 5 nitrogen and oxygen atoms in total. The largest absolute Gasteiger partial charge is 0.497 e. The van der Waals surface area contributed by atoms with Crippen LogP contribution in [-0.4, -0.2) is 38.4 Å². The van der Waals surface area contributed by atoms with Crippen molar-refractivity contribution in [2.75, 3.05) is 20.3 Å². The van der Waals surface area contributed by atoms with E-state index in [1.54, 1.807) is 7.11 Å². The van der Waals surface area contributed by atoms with Gasteiger partial charge in [-0.25, -0.2) is 4.79 Å². The van der Waals surface area contributed by atoms with Crippen molar-refractivity contribution in [2.45, 2.75) is 45.3 Å². The highest BCUT2D eigenvalue weighted by molar-refractivity contribution is 5.74. The lowest BCUT2D eigenvalue weighted by molar-refractivity contribution is -0.108. The maximum atomic E-state index is 12.2. The maximum absolute atomic E-state index is 12.2. The molecule has 2 N–H and O–H groups in total. The lowest BCUT2D eigenvalue weighted by Gasteiger charge is -2.54. The zero-order valence-corrected chi connectivity index (χ0v) is 14.8. The molecular formula is C19H28N2O3. The molecule has 2 amide bonds. The van der Waals surface area contributed by atoms with E-state index in [1.165, 1.54) is 5.56 Å². The molecule has 2 aliphatic rings. The second kappa shape index (κ2) is 7.01. The van der Waals surface area contributed by atoms with Crippen molar-refractivity contribution >= 4 is 6.03 Å². The van der Waals surface area contributed by atoms with Gasteiger partial charge in [-0.3, -0.25) is 0 Å². The average molecular weight is 332 g/mol. The molecule has 0 spiro atoms. The quantitative estimate of drug-likeness (QED) is 0.788. The molecule has 5 heteroatoms. The summed E-state index contributed by atoms with van der Waals surface area (Å²) in [5, 5.41) is 6.12. The van der Waals surface area contributed by atoms with Gasteiger partial charge < -0.3 is 20.1 Å². The Morgan fingerprint density at radius 2 is 2.25 bits per heavy atom. The van der Waals surface area contributed by atoms with Gasteiger partial charge in [0.2, 0.25) is 0 Å². The molecule has 0 bridgehead atoms. The monoisotopic (exact) mass is 332 g/mol. The smallest absolute Gasteiger partial charge is 0.315 e. The standard InChI is InChI=1S/C19H28N2O3/c1-19(2)16(15-9-11-24-17(15)19)21-18(22)20-10-5-7-13-6-4-8-14(12-13)23-3/h4,6,8,12,15-17H,5,7,9-11H2,1-3H3,(H2,20,21,22). The fourth-order valence-corrected chi connectivity index (χ4v) is 4.13. The Balaban J connectivity index is 1.38. The number of urea groups is 1. The molecule has 2 fully saturated rings. The van der Waals surface area contributed by atoms with E-state index in [0.29, 0.717) is 18.6 Å². The number of fused-ring (bicyclic) bond motifs is 1. The first kappa shape index (κ1) is 17.1. The van der Waals surface area contributed by atoms with Gasteiger partial charge >= 0.3 is 6.03 Å². The number of aryl methyl sites for hydroxylation is 1. The maximum Gasteiger partial charge on any atom is 0.315 e. The number of methoxy groups -OCH3 is 1. The predicted octanol–water partition coefficient (Wildman–Crippen LogP) is 2.74. The molecule has 1 aliphatic carbocycles. The van der Waals surface area contributed by atoms with E-state index in [1.807, 2.05) is 18.2 Å².